The molecule has 0 heterocycles. The van der Waals surface area contributed by atoms with Gasteiger partial charge >= 0.3 is 5.97 Å². The van der Waals surface area contributed by atoms with Gasteiger partial charge in [0, 0.05) is 5.92 Å². The molecule has 0 spiro atoms. The highest BCUT2D eigenvalue weighted by molar-refractivity contribution is 6.71. The molecular formula is C15H24O3Si. The van der Waals surface area contributed by atoms with E-state index in [1.807, 2.05) is 12.2 Å². The molecular weight excluding hydrogens is 256 g/mol. The Balaban J connectivity index is 2.24. The molecule has 106 valence electrons. The molecule has 2 rings (SSSR count). The average Bonchev–Trinajstić information content (AvgIpc) is 2.53. The Morgan fingerprint density at radius 3 is 2.84 bits per heavy atom. The smallest absolute Gasteiger partial charge is 0.336 e. The molecule has 0 amide bonds. The van der Waals surface area contributed by atoms with Crippen LogP contribution < -0.4 is 0 Å². The van der Waals surface area contributed by atoms with E-state index in [0.29, 0.717) is 11.8 Å². The highest BCUT2D eigenvalue weighted by atomic mass is 28.4. The van der Waals surface area contributed by atoms with Crippen LogP contribution in [0.1, 0.15) is 19.8 Å². The van der Waals surface area contributed by atoms with Crippen molar-refractivity contribution in [3.8, 4) is 0 Å². The first-order valence-corrected chi connectivity index (χ1v) is 10.1. The van der Waals surface area contributed by atoms with Gasteiger partial charge in [-0.2, -0.15) is 0 Å². The van der Waals surface area contributed by atoms with Crippen LogP contribution in [0.4, 0.5) is 0 Å². The molecule has 2 aliphatic rings. The molecule has 4 heteroatoms. The van der Waals surface area contributed by atoms with Crippen LogP contribution >= 0.6 is 0 Å². The summed E-state index contributed by atoms with van der Waals surface area (Å²) in [4.78, 5) is 11.9. The van der Waals surface area contributed by atoms with Crippen molar-refractivity contribution >= 4 is 14.3 Å². The van der Waals surface area contributed by atoms with E-state index in [1.54, 1.807) is 0 Å². The lowest BCUT2D eigenvalue weighted by molar-refractivity contribution is -0.140. The normalized spacial score (nSPS) is 33.2. The third kappa shape index (κ3) is 2.43. The van der Waals surface area contributed by atoms with E-state index in [2.05, 4.69) is 26.6 Å². The van der Waals surface area contributed by atoms with Crippen LogP contribution in [0.25, 0.3) is 0 Å². The van der Waals surface area contributed by atoms with Crippen LogP contribution in [0, 0.1) is 11.8 Å². The molecule has 0 N–H and O–H groups in total. The zero-order valence-electron chi connectivity index (χ0n) is 12.4. The van der Waals surface area contributed by atoms with Crippen molar-refractivity contribution < 1.29 is 14.0 Å². The van der Waals surface area contributed by atoms with Gasteiger partial charge in [0.25, 0.3) is 0 Å². The number of hydrogen-bond acceptors (Lipinski definition) is 3. The predicted molar refractivity (Wildman–Crippen MR) is 78.3 cm³/mol. The minimum absolute atomic E-state index is 0.228. The second kappa shape index (κ2) is 4.91. The standard InChI is InChI=1S/C15H24O3Si/c1-6-7-19(4,5)18-15-10-11(2)8-12(15)9-13(15)14(16)17-3/h6,9,11-12H,1,7-8,10H2,2-5H3/t11-,12+,15-/m1/s1. The summed E-state index contributed by atoms with van der Waals surface area (Å²) in [6.45, 7) is 10.4. The van der Waals surface area contributed by atoms with Crippen LogP contribution in [0.2, 0.25) is 19.1 Å². The summed E-state index contributed by atoms with van der Waals surface area (Å²) < 4.78 is 11.4. The minimum Gasteiger partial charge on any atom is -0.466 e. The fraction of sp³-hybridized carbons (Fsp3) is 0.667. The van der Waals surface area contributed by atoms with Crippen molar-refractivity contribution in [2.24, 2.45) is 11.8 Å². The minimum atomic E-state index is -1.83. The largest absolute Gasteiger partial charge is 0.466 e. The van der Waals surface area contributed by atoms with Crippen molar-refractivity contribution in [2.45, 2.75) is 44.5 Å². The van der Waals surface area contributed by atoms with Gasteiger partial charge in [-0.05, 0) is 37.9 Å². The first-order valence-electron chi connectivity index (χ1n) is 6.96. The van der Waals surface area contributed by atoms with Gasteiger partial charge in [-0.3, -0.25) is 0 Å². The van der Waals surface area contributed by atoms with Crippen molar-refractivity contribution in [1.82, 2.24) is 0 Å². The zero-order valence-corrected chi connectivity index (χ0v) is 13.4. The highest BCUT2D eigenvalue weighted by Gasteiger charge is 2.59. The number of carbonyl (C=O) groups is 1. The Kier molecular flexibility index (Phi) is 3.75. The molecule has 0 unspecified atom stereocenters. The lowest BCUT2D eigenvalue weighted by Gasteiger charge is -2.47. The number of fused-ring (bicyclic) bond motifs is 1. The quantitative estimate of drug-likeness (QED) is 0.440. The van der Waals surface area contributed by atoms with E-state index in [0.717, 1.165) is 24.5 Å². The van der Waals surface area contributed by atoms with Gasteiger partial charge in [0.2, 0.25) is 0 Å². The van der Waals surface area contributed by atoms with Gasteiger partial charge < -0.3 is 9.16 Å². The maximum Gasteiger partial charge on any atom is 0.336 e. The van der Waals surface area contributed by atoms with Crippen LogP contribution in [0.3, 0.4) is 0 Å². The topological polar surface area (TPSA) is 35.5 Å². The second-order valence-electron chi connectivity index (χ2n) is 6.47. The van der Waals surface area contributed by atoms with Crippen molar-refractivity contribution in [1.29, 1.82) is 0 Å². The third-order valence-electron chi connectivity index (χ3n) is 4.23. The molecule has 3 nitrogen and oxygen atoms in total. The molecule has 2 aliphatic carbocycles. The Morgan fingerprint density at radius 2 is 2.32 bits per heavy atom. The number of esters is 1. The molecule has 0 bridgehead atoms. The SMILES string of the molecule is C=CC[Si](C)(C)O[C@]12C[C@H](C)C[C@H]1C=C2C(=O)OC. The van der Waals surface area contributed by atoms with Crippen LogP contribution in [-0.4, -0.2) is 27.0 Å². The molecule has 0 radical (unpaired) electrons. The summed E-state index contributed by atoms with van der Waals surface area (Å²) in [5, 5.41) is 0. The highest BCUT2D eigenvalue weighted by Crippen LogP contribution is 2.56. The summed E-state index contributed by atoms with van der Waals surface area (Å²) in [6.07, 6.45) is 6.02. The third-order valence-corrected chi connectivity index (χ3v) is 6.42. The van der Waals surface area contributed by atoms with Gasteiger partial charge in [0.05, 0.1) is 18.3 Å². The average molecular weight is 280 g/mol. The Morgan fingerprint density at radius 1 is 1.63 bits per heavy atom. The van der Waals surface area contributed by atoms with Gasteiger partial charge in [0.15, 0.2) is 8.32 Å². The summed E-state index contributed by atoms with van der Waals surface area (Å²) in [6, 6.07) is 0.907. The van der Waals surface area contributed by atoms with Crippen LogP contribution in [0.5, 0.6) is 0 Å². The first-order chi connectivity index (χ1) is 8.84. The second-order valence-corrected chi connectivity index (χ2v) is 10.6. The van der Waals surface area contributed by atoms with E-state index in [1.165, 1.54) is 7.11 Å². The molecule has 1 fully saturated rings. The Labute approximate surface area is 116 Å². The van der Waals surface area contributed by atoms with Gasteiger partial charge in [0.1, 0.15) is 0 Å². The molecule has 3 atom stereocenters. The number of methoxy groups -OCH3 is 1. The number of carbonyl (C=O) groups excluding carboxylic acids is 1. The number of allylic oxidation sites excluding steroid dienone is 1. The van der Waals surface area contributed by atoms with E-state index in [-0.39, 0.29) is 11.6 Å². The predicted octanol–water partition coefficient (Wildman–Crippen LogP) is 3.29. The van der Waals surface area contributed by atoms with Crippen LogP contribution in [0.15, 0.2) is 24.3 Å². The fourth-order valence-electron chi connectivity index (χ4n) is 3.54. The summed E-state index contributed by atoms with van der Waals surface area (Å²) in [5.41, 5.74) is 0.375. The molecule has 19 heavy (non-hydrogen) atoms. The zero-order chi connectivity index (χ0) is 14.3. The Bertz CT molecular complexity index is 427. The van der Waals surface area contributed by atoms with Crippen LogP contribution in [-0.2, 0) is 14.0 Å². The lowest BCUT2D eigenvalue weighted by atomic mass is 9.72. The monoisotopic (exact) mass is 280 g/mol. The summed E-state index contributed by atoms with van der Waals surface area (Å²) >= 11 is 0. The van der Waals surface area contributed by atoms with Crippen molar-refractivity contribution in [3.05, 3.63) is 24.3 Å². The van der Waals surface area contributed by atoms with Gasteiger partial charge in [-0.1, -0.05) is 19.1 Å². The number of ether oxygens (including phenoxy) is 1. The molecule has 0 aliphatic heterocycles. The van der Waals surface area contributed by atoms with Gasteiger partial charge in [-0.25, -0.2) is 4.79 Å². The lowest BCUT2D eigenvalue weighted by Crippen LogP contribution is -2.54. The molecule has 0 aromatic carbocycles. The fourth-order valence-corrected chi connectivity index (χ4v) is 5.65. The van der Waals surface area contributed by atoms with E-state index in [4.69, 9.17) is 9.16 Å². The number of rotatable bonds is 5. The van der Waals surface area contributed by atoms with E-state index < -0.39 is 8.32 Å². The Hall–Kier alpha value is -0.873. The molecule has 0 saturated heterocycles. The van der Waals surface area contributed by atoms with E-state index in [9.17, 15) is 4.79 Å². The van der Waals surface area contributed by atoms with E-state index >= 15 is 0 Å². The van der Waals surface area contributed by atoms with Crippen molar-refractivity contribution in [3.63, 3.8) is 0 Å². The summed E-state index contributed by atoms with van der Waals surface area (Å²) in [5.74, 6) is 0.749. The first kappa shape index (κ1) is 14.5. The maximum atomic E-state index is 11.9. The summed E-state index contributed by atoms with van der Waals surface area (Å²) in [7, 11) is -0.389. The maximum absolute atomic E-state index is 11.9. The molecule has 0 aromatic heterocycles. The number of hydrogen-bond donors (Lipinski definition) is 0. The molecule has 1 saturated carbocycles. The van der Waals surface area contributed by atoms with Crippen molar-refractivity contribution in [2.75, 3.05) is 7.11 Å². The van der Waals surface area contributed by atoms with Gasteiger partial charge in [-0.15, -0.1) is 6.58 Å². The molecule has 0 aromatic rings.